The van der Waals surface area contributed by atoms with Gasteiger partial charge in [0.05, 0.1) is 30.1 Å². The van der Waals surface area contributed by atoms with Gasteiger partial charge in [-0.2, -0.15) is 0 Å². The highest BCUT2D eigenvalue weighted by Gasteiger charge is 2.55. The van der Waals surface area contributed by atoms with Crippen LogP contribution in [0.25, 0.3) is 0 Å². The Kier molecular flexibility index (Phi) is 8.51. The molecule has 39 heavy (non-hydrogen) atoms. The molecule has 2 heterocycles. The van der Waals surface area contributed by atoms with E-state index >= 15 is 0 Å². The van der Waals surface area contributed by atoms with Crippen LogP contribution in [-0.2, 0) is 25.7 Å². The highest BCUT2D eigenvalue weighted by Crippen LogP contribution is 2.49. The van der Waals surface area contributed by atoms with Crippen LogP contribution < -0.4 is 5.73 Å². The normalized spacial score (nSPS) is 22.4. The second-order valence-electron chi connectivity index (χ2n) is 11.5. The maximum atomic E-state index is 13.9. The first-order chi connectivity index (χ1) is 18.4. The molecule has 0 bridgehead atoms. The molecule has 0 aromatic heterocycles. The Hall–Kier alpha value is -3.17. The standard InChI is InChI=1S/C30H37F2N3O4/c1-29(2,33)26(36)15-22(18-39-17-20-5-9-23(31)10-6-20)27(37)35-14-4-13-30(19-35)25(16-34(3)28(30)38)21-7-11-24(32)12-8-21/h5-12,22,25H,4,13-19,33H2,1-3H3/t22-,25?,30?/m1/s1. The number of likely N-dealkylation sites (N-methyl/N-ethyl adjacent to an activating group) is 1. The van der Waals surface area contributed by atoms with Crippen LogP contribution >= 0.6 is 0 Å². The zero-order chi connectivity index (χ0) is 28.4. The minimum absolute atomic E-state index is 0.0171. The van der Waals surface area contributed by atoms with E-state index in [0.29, 0.717) is 25.9 Å². The molecule has 2 aliphatic heterocycles. The summed E-state index contributed by atoms with van der Waals surface area (Å²) < 4.78 is 32.7. The molecule has 7 nitrogen and oxygen atoms in total. The molecule has 2 aliphatic rings. The maximum Gasteiger partial charge on any atom is 0.231 e. The van der Waals surface area contributed by atoms with Crippen LogP contribution in [0.15, 0.2) is 48.5 Å². The Labute approximate surface area is 228 Å². The molecule has 2 aromatic carbocycles. The lowest BCUT2D eigenvalue weighted by Crippen LogP contribution is -2.53. The largest absolute Gasteiger partial charge is 0.376 e. The van der Waals surface area contributed by atoms with Crippen molar-refractivity contribution in [1.82, 2.24) is 9.80 Å². The number of benzene rings is 2. The van der Waals surface area contributed by atoms with Gasteiger partial charge >= 0.3 is 0 Å². The van der Waals surface area contributed by atoms with E-state index in [4.69, 9.17) is 10.5 Å². The number of carbonyl (C=O) groups excluding carboxylic acids is 3. The van der Waals surface area contributed by atoms with E-state index in [9.17, 15) is 23.2 Å². The number of amides is 2. The first kappa shape index (κ1) is 28.8. The number of Topliss-reactive ketones (excluding diaryl/α,β-unsaturated/α-hetero) is 1. The molecule has 9 heteroatoms. The average Bonchev–Trinajstić information content (AvgIpc) is 3.13. The van der Waals surface area contributed by atoms with Crippen molar-refractivity contribution < 1.29 is 27.9 Å². The molecule has 2 N–H and O–H groups in total. The molecule has 2 unspecified atom stereocenters. The maximum absolute atomic E-state index is 13.9. The smallest absolute Gasteiger partial charge is 0.231 e. The number of nitrogens with zero attached hydrogens (tertiary/aromatic N) is 2. The van der Waals surface area contributed by atoms with Crippen LogP contribution in [0.4, 0.5) is 8.78 Å². The summed E-state index contributed by atoms with van der Waals surface area (Å²) in [5, 5.41) is 0. The Morgan fingerprint density at radius 1 is 1.10 bits per heavy atom. The van der Waals surface area contributed by atoms with E-state index in [1.807, 2.05) is 0 Å². The molecule has 210 valence electrons. The van der Waals surface area contributed by atoms with Crippen LogP contribution in [-0.4, -0.2) is 66.2 Å². The lowest BCUT2D eigenvalue weighted by molar-refractivity contribution is -0.148. The molecule has 2 aromatic rings. The summed E-state index contributed by atoms with van der Waals surface area (Å²) in [6.45, 7) is 4.50. The van der Waals surface area contributed by atoms with Gasteiger partial charge in [0.15, 0.2) is 5.78 Å². The lowest BCUT2D eigenvalue weighted by Gasteiger charge is -2.43. The van der Waals surface area contributed by atoms with E-state index in [1.165, 1.54) is 24.3 Å². The van der Waals surface area contributed by atoms with Gasteiger partial charge in [-0.15, -0.1) is 0 Å². The summed E-state index contributed by atoms with van der Waals surface area (Å²) in [5.74, 6) is -2.23. The van der Waals surface area contributed by atoms with E-state index in [2.05, 4.69) is 0 Å². The predicted octanol–water partition coefficient (Wildman–Crippen LogP) is 3.66. The van der Waals surface area contributed by atoms with Crippen LogP contribution in [0.3, 0.4) is 0 Å². The molecule has 3 atom stereocenters. The predicted molar refractivity (Wildman–Crippen MR) is 142 cm³/mol. The number of rotatable bonds is 9. The van der Waals surface area contributed by atoms with E-state index < -0.39 is 16.9 Å². The van der Waals surface area contributed by atoms with Gasteiger partial charge < -0.3 is 20.3 Å². The number of carbonyl (C=O) groups is 3. The minimum Gasteiger partial charge on any atom is -0.376 e. The van der Waals surface area contributed by atoms with Crippen LogP contribution in [0.1, 0.15) is 50.2 Å². The van der Waals surface area contributed by atoms with Gasteiger partial charge in [0.2, 0.25) is 11.8 Å². The number of ether oxygens (including phenoxy) is 1. The number of ketones is 1. The molecule has 0 radical (unpaired) electrons. The third-order valence-electron chi connectivity index (χ3n) is 8.00. The number of likely N-dealkylation sites (tertiary alicyclic amines) is 2. The number of hydrogen-bond acceptors (Lipinski definition) is 5. The quantitative estimate of drug-likeness (QED) is 0.523. The highest BCUT2D eigenvalue weighted by molar-refractivity contribution is 5.92. The molecule has 0 aliphatic carbocycles. The Morgan fingerprint density at radius 3 is 2.33 bits per heavy atom. The number of piperidine rings is 1. The monoisotopic (exact) mass is 541 g/mol. The second-order valence-corrected chi connectivity index (χ2v) is 11.5. The van der Waals surface area contributed by atoms with Crippen molar-refractivity contribution in [3.8, 4) is 0 Å². The lowest BCUT2D eigenvalue weighted by atomic mass is 9.69. The molecule has 1 spiro atoms. The zero-order valence-corrected chi connectivity index (χ0v) is 22.8. The summed E-state index contributed by atoms with van der Waals surface area (Å²) in [7, 11) is 1.75. The fourth-order valence-corrected chi connectivity index (χ4v) is 5.77. The first-order valence-corrected chi connectivity index (χ1v) is 13.3. The third kappa shape index (κ3) is 6.36. The molecule has 2 fully saturated rings. The summed E-state index contributed by atoms with van der Waals surface area (Å²) >= 11 is 0. The van der Waals surface area contributed by atoms with Crippen molar-refractivity contribution in [2.45, 2.75) is 51.2 Å². The minimum atomic E-state index is -1.11. The number of nitrogens with two attached hydrogens (primary N) is 1. The van der Waals surface area contributed by atoms with Gasteiger partial charge in [-0.3, -0.25) is 14.4 Å². The summed E-state index contributed by atoms with van der Waals surface area (Å²) in [4.78, 5) is 43.6. The molecular formula is C30H37F2N3O4. The summed E-state index contributed by atoms with van der Waals surface area (Å²) in [5.41, 5.74) is 5.70. The molecular weight excluding hydrogens is 504 g/mol. The number of halogens is 2. The van der Waals surface area contributed by atoms with Gasteiger partial charge in [-0.05, 0) is 62.1 Å². The van der Waals surface area contributed by atoms with Gasteiger partial charge in [0, 0.05) is 39.0 Å². The molecule has 2 saturated heterocycles. The van der Waals surface area contributed by atoms with Crippen molar-refractivity contribution in [2.24, 2.45) is 17.1 Å². The molecule has 0 saturated carbocycles. The first-order valence-electron chi connectivity index (χ1n) is 13.3. The van der Waals surface area contributed by atoms with Crippen molar-refractivity contribution in [3.63, 3.8) is 0 Å². The topological polar surface area (TPSA) is 92.9 Å². The van der Waals surface area contributed by atoms with Gasteiger partial charge in [0.25, 0.3) is 0 Å². The van der Waals surface area contributed by atoms with E-state index in [1.54, 1.807) is 55.0 Å². The fourth-order valence-electron chi connectivity index (χ4n) is 5.77. The Balaban J connectivity index is 1.54. The molecule has 4 rings (SSSR count). The summed E-state index contributed by atoms with van der Waals surface area (Å²) in [6, 6.07) is 12.1. The Morgan fingerprint density at radius 2 is 1.72 bits per heavy atom. The van der Waals surface area contributed by atoms with Gasteiger partial charge in [-0.25, -0.2) is 8.78 Å². The third-order valence-corrected chi connectivity index (χ3v) is 8.00. The van der Waals surface area contributed by atoms with Crippen molar-refractivity contribution in [2.75, 3.05) is 33.3 Å². The zero-order valence-electron chi connectivity index (χ0n) is 22.8. The fraction of sp³-hybridized carbons (Fsp3) is 0.500. The van der Waals surface area contributed by atoms with Crippen LogP contribution in [0.5, 0.6) is 0 Å². The highest BCUT2D eigenvalue weighted by atomic mass is 19.1. The second kappa shape index (κ2) is 11.5. The van der Waals surface area contributed by atoms with Crippen molar-refractivity contribution in [1.29, 1.82) is 0 Å². The van der Waals surface area contributed by atoms with Crippen LogP contribution in [0.2, 0.25) is 0 Å². The Bertz CT molecular complexity index is 1200. The van der Waals surface area contributed by atoms with Crippen LogP contribution in [0, 0.1) is 23.0 Å². The molecule has 2 amide bonds. The summed E-state index contributed by atoms with van der Waals surface area (Å²) in [6.07, 6.45) is 1.15. The average molecular weight is 542 g/mol. The van der Waals surface area contributed by atoms with E-state index in [-0.39, 0.29) is 61.3 Å². The van der Waals surface area contributed by atoms with Gasteiger partial charge in [0.1, 0.15) is 11.6 Å². The van der Waals surface area contributed by atoms with Gasteiger partial charge in [-0.1, -0.05) is 24.3 Å². The SMILES string of the molecule is CN1CC(c2ccc(F)cc2)C2(CCCN(C(=O)[C@@H](COCc3ccc(F)cc3)CC(=O)C(C)(C)N)C2)C1=O. The van der Waals surface area contributed by atoms with Crippen molar-refractivity contribution in [3.05, 3.63) is 71.3 Å². The number of hydrogen-bond donors (Lipinski definition) is 1. The van der Waals surface area contributed by atoms with Crippen molar-refractivity contribution >= 4 is 17.6 Å². The van der Waals surface area contributed by atoms with E-state index in [0.717, 1.165) is 11.1 Å².